The number of piperazine rings is 1. The molecule has 1 saturated heterocycles. The molecular weight excluding hydrogens is 376 g/mol. The molecule has 3 rings (SSSR count). The molecule has 166 valence electrons. The van der Waals surface area contributed by atoms with Crippen molar-refractivity contribution < 1.29 is 9.59 Å². The van der Waals surface area contributed by atoms with E-state index >= 15 is 0 Å². The molecule has 0 bridgehead atoms. The number of carbonyl (C=O) groups is 2. The van der Waals surface area contributed by atoms with E-state index in [-0.39, 0.29) is 11.8 Å². The zero-order chi connectivity index (χ0) is 21.7. The van der Waals surface area contributed by atoms with Gasteiger partial charge in [0.15, 0.2) is 0 Å². The Hall–Kier alpha value is -1.92. The van der Waals surface area contributed by atoms with Crippen molar-refractivity contribution in [3.8, 4) is 0 Å². The highest BCUT2D eigenvalue weighted by atomic mass is 16.2. The lowest BCUT2D eigenvalue weighted by Crippen LogP contribution is -2.52. The van der Waals surface area contributed by atoms with Crippen LogP contribution in [-0.4, -0.2) is 66.9 Å². The Balaban J connectivity index is 1.38. The molecule has 0 aromatic heterocycles. The van der Waals surface area contributed by atoms with Crippen LogP contribution in [0.2, 0.25) is 0 Å². The van der Waals surface area contributed by atoms with Crippen LogP contribution in [0.4, 0.5) is 5.69 Å². The molecule has 6 nitrogen and oxygen atoms in total. The molecule has 0 unspecified atom stereocenters. The Morgan fingerprint density at radius 1 is 0.967 bits per heavy atom. The van der Waals surface area contributed by atoms with Crippen LogP contribution in [0.3, 0.4) is 0 Å². The molecule has 2 aliphatic rings. The van der Waals surface area contributed by atoms with Crippen molar-refractivity contribution in [1.29, 1.82) is 0 Å². The minimum Gasteiger partial charge on any atom is -0.352 e. The summed E-state index contributed by atoms with van der Waals surface area (Å²) in [5, 5.41) is 6.31. The lowest BCUT2D eigenvalue weighted by Gasteiger charge is -2.36. The molecule has 3 atom stereocenters. The van der Waals surface area contributed by atoms with E-state index in [1.807, 2.05) is 19.1 Å². The van der Waals surface area contributed by atoms with E-state index in [9.17, 15) is 9.59 Å². The monoisotopic (exact) mass is 414 g/mol. The van der Waals surface area contributed by atoms with Gasteiger partial charge in [-0.2, -0.15) is 0 Å². The van der Waals surface area contributed by atoms with Crippen molar-refractivity contribution in [3.05, 3.63) is 29.3 Å². The summed E-state index contributed by atoms with van der Waals surface area (Å²) in [7, 11) is 0. The Morgan fingerprint density at radius 2 is 1.60 bits per heavy atom. The smallest absolute Gasteiger partial charge is 0.238 e. The molecule has 1 aliphatic carbocycles. The fourth-order valence-corrected chi connectivity index (χ4v) is 4.63. The molecule has 2 amide bonds. The van der Waals surface area contributed by atoms with Crippen LogP contribution in [0.5, 0.6) is 0 Å². The predicted octanol–water partition coefficient (Wildman–Crippen LogP) is 2.80. The normalized spacial score (nSPS) is 25.7. The maximum atomic E-state index is 12.5. The van der Waals surface area contributed by atoms with Gasteiger partial charge in [0, 0.05) is 37.9 Å². The maximum absolute atomic E-state index is 12.5. The van der Waals surface area contributed by atoms with Crippen LogP contribution in [0.25, 0.3) is 0 Å². The van der Waals surface area contributed by atoms with Crippen LogP contribution >= 0.6 is 0 Å². The predicted molar refractivity (Wildman–Crippen MR) is 122 cm³/mol. The van der Waals surface area contributed by atoms with Gasteiger partial charge < -0.3 is 10.6 Å². The largest absolute Gasteiger partial charge is 0.352 e. The zero-order valence-electron chi connectivity index (χ0n) is 19.0. The Morgan fingerprint density at radius 3 is 2.27 bits per heavy atom. The van der Waals surface area contributed by atoms with Crippen molar-refractivity contribution >= 4 is 17.5 Å². The van der Waals surface area contributed by atoms with Crippen LogP contribution < -0.4 is 10.6 Å². The summed E-state index contributed by atoms with van der Waals surface area (Å²) in [5.74, 6) is 1.40. The summed E-state index contributed by atoms with van der Waals surface area (Å²) in [5.41, 5.74) is 3.18. The van der Waals surface area contributed by atoms with Gasteiger partial charge >= 0.3 is 0 Å². The molecule has 30 heavy (non-hydrogen) atoms. The lowest BCUT2D eigenvalue weighted by atomic mass is 9.78. The van der Waals surface area contributed by atoms with Crippen molar-refractivity contribution in [2.75, 3.05) is 44.6 Å². The highest BCUT2D eigenvalue weighted by Gasteiger charge is 2.29. The third kappa shape index (κ3) is 6.05. The molecule has 0 radical (unpaired) electrons. The fourth-order valence-electron chi connectivity index (χ4n) is 4.63. The van der Waals surface area contributed by atoms with Gasteiger partial charge in [-0.3, -0.25) is 19.4 Å². The first kappa shape index (κ1) is 22.8. The number of hydrogen-bond donors (Lipinski definition) is 2. The number of nitrogens with zero attached hydrogens (tertiary/aromatic N) is 2. The lowest BCUT2D eigenvalue weighted by molar-refractivity contribution is -0.124. The summed E-state index contributed by atoms with van der Waals surface area (Å²) in [6.07, 6.45) is 3.58. The van der Waals surface area contributed by atoms with Crippen molar-refractivity contribution in [3.63, 3.8) is 0 Å². The standard InChI is InChI=1S/C24H38N4O2/c1-17-7-5-9-21(19(17)3)25-23(29)15-27-11-13-28(14-12-27)16-24(30)26-22-10-6-8-18(2)20(22)4/h5,7,9,18,20,22H,6,8,10-16H2,1-4H3,(H,25,29)(H,26,30)/t18-,20-,22+/m0/s1. The summed E-state index contributed by atoms with van der Waals surface area (Å²) >= 11 is 0. The molecule has 1 aromatic rings. The van der Waals surface area contributed by atoms with Gasteiger partial charge in [0.2, 0.25) is 11.8 Å². The van der Waals surface area contributed by atoms with Crippen LogP contribution in [0.1, 0.15) is 44.2 Å². The summed E-state index contributed by atoms with van der Waals surface area (Å²) in [6.45, 7) is 12.7. The topological polar surface area (TPSA) is 64.7 Å². The molecule has 6 heteroatoms. The van der Waals surface area contributed by atoms with Gasteiger partial charge in [0.05, 0.1) is 13.1 Å². The first-order valence-electron chi connectivity index (χ1n) is 11.4. The second-order valence-corrected chi connectivity index (χ2v) is 9.29. The molecule has 1 aromatic carbocycles. The van der Waals surface area contributed by atoms with Gasteiger partial charge in [-0.1, -0.05) is 38.8 Å². The molecule has 2 fully saturated rings. The zero-order valence-corrected chi connectivity index (χ0v) is 19.0. The Bertz CT molecular complexity index is 743. The maximum Gasteiger partial charge on any atom is 0.238 e. The highest BCUT2D eigenvalue weighted by Crippen LogP contribution is 2.29. The summed E-state index contributed by atoms with van der Waals surface area (Å²) < 4.78 is 0. The molecule has 1 saturated carbocycles. The number of hydrogen-bond acceptors (Lipinski definition) is 4. The number of aryl methyl sites for hydroxylation is 1. The SMILES string of the molecule is Cc1cccc(NC(=O)CN2CCN(CC(=O)N[C@@H]3CCC[C@H](C)[C@@H]3C)CC2)c1C. The van der Waals surface area contributed by atoms with Gasteiger partial charge in [0.25, 0.3) is 0 Å². The Labute approximate surface area is 181 Å². The Kier molecular flexibility index (Phi) is 7.89. The fraction of sp³-hybridized carbons (Fsp3) is 0.667. The van der Waals surface area contributed by atoms with E-state index in [1.54, 1.807) is 0 Å². The van der Waals surface area contributed by atoms with Crippen molar-refractivity contribution in [2.24, 2.45) is 11.8 Å². The molecule has 1 aliphatic heterocycles. The minimum atomic E-state index is 0.0234. The second kappa shape index (κ2) is 10.4. The number of carbonyl (C=O) groups excluding carboxylic acids is 2. The molecule has 2 N–H and O–H groups in total. The van der Waals surface area contributed by atoms with E-state index in [1.165, 1.54) is 18.4 Å². The molecule has 1 heterocycles. The average molecular weight is 415 g/mol. The quantitative estimate of drug-likeness (QED) is 0.751. The first-order chi connectivity index (χ1) is 14.3. The molecule has 0 spiro atoms. The van der Waals surface area contributed by atoms with E-state index in [4.69, 9.17) is 0 Å². The molecular formula is C24H38N4O2. The van der Waals surface area contributed by atoms with E-state index in [0.29, 0.717) is 31.0 Å². The van der Waals surface area contributed by atoms with Crippen molar-refractivity contribution in [1.82, 2.24) is 15.1 Å². The van der Waals surface area contributed by atoms with Crippen LogP contribution in [0, 0.1) is 25.7 Å². The number of benzene rings is 1. The number of rotatable bonds is 6. The number of nitrogens with one attached hydrogen (secondary N) is 2. The summed E-state index contributed by atoms with van der Waals surface area (Å²) in [4.78, 5) is 29.3. The van der Waals surface area contributed by atoms with E-state index in [0.717, 1.165) is 43.9 Å². The average Bonchev–Trinajstić information content (AvgIpc) is 2.70. The minimum absolute atomic E-state index is 0.0234. The number of amides is 2. The third-order valence-corrected chi connectivity index (χ3v) is 7.13. The van der Waals surface area contributed by atoms with E-state index < -0.39 is 0 Å². The van der Waals surface area contributed by atoms with Gasteiger partial charge in [-0.05, 0) is 49.3 Å². The van der Waals surface area contributed by atoms with Gasteiger partial charge in [0.1, 0.15) is 0 Å². The highest BCUT2D eigenvalue weighted by molar-refractivity contribution is 5.93. The summed E-state index contributed by atoms with van der Waals surface area (Å²) in [6, 6.07) is 6.29. The first-order valence-corrected chi connectivity index (χ1v) is 11.4. The van der Waals surface area contributed by atoms with Crippen LogP contribution in [0.15, 0.2) is 18.2 Å². The van der Waals surface area contributed by atoms with Gasteiger partial charge in [-0.25, -0.2) is 0 Å². The second-order valence-electron chi connectivity index (χ2n) is 9.29. The van der Waals surface area contributed by atoms with Gasteiger partial charge in [-0.15, -0.1) is 0 Å². The third-order valence-electron chi connectivity index (χ3n) is 7.13. The van der Waals surface area contributed by atoms with Crippen LogP contribution in [-0.2, 0) is 9.59 Å². The van der Waals surface area contributed by atoms with Crippen molar-refractivity contribution in [2.45, 2.75) is 53.0 Å². The number of anilines is 1. The van der Waals surface area contributed by atoms with E-state index in [2.05, 4.69) is 47.3 Å².